The van der Waals surface area contributed by atoms with Crippen molar-refractivity contribution in [3.05, 3.63) is 67.4 Å². The summed E-state index contributed by atoms with van der Waals surface area (Å²) >= 11 is 6.71. The van der Waals surface area contributed by atoms with Crippen LogP contribution in [0.1, 0.15) is 48.8 Å². The second-order valence-electron chi connectivity index (χ2n) is 4.88. The largest absolute Gasteiger partial charge is 0.811 e. The Balaban J connectivity index is 0. The molecule has 2 aromatic rings. The molecular formula is C18H24Br2N6OY-2. The predicted octanol–water partition coefficient (Wildman–Crippen LogP) is 5.30. The van der Waals surface area contributed by atoms with Crippen LogP contribution in [0.3, 0.4) is 0 Å². The first-order chi connectivity index (χ1) is 12.9. The van der Waals surface area contributed by atoms with E-state index >= 15 is 0 Å². The maximum Gasteiger partial charge on any atom is 0.251 e. The minimum Gasteiger partial charge on any atom is -0.811 e. The first-order valence-corrected chi connectivity index (χ1v) is 9.83. The van der Waals surface area contributed by atoms with Gasteiger partial charge in [0.15, 0.2) is 5.82 Å². The number of hydrogen-bond donors (Lipinski definition) is 2. The summed E-state index contributed by atoms with van der Waals surface area (Å²) in [5.41, 5.74) is 0.570. The van der Waals surface area contributed by atoms with E-state index < -0.39 is 0 Å². The Hall–Kier alpha value is -0.896. The van der Waals surface area contributed by atoms with E-state index in [4.69, 9.17) is 5.41 Å². The van der Waals surface area contributed by atoms with Crippen LogP contribution in [0.25, 0.3) is 10.7 Å². The summed E-state index contributed by atoms with van der Waals surface area (Å²) in [5.74, 6) is 1.12. The summed E-state index contributed by atoms with van der Waals surface area (Å²) < 4.78 is 1.68. The van der Waals surface area contributed by atoms with Crippen molar-refractivity contribution in [3.63, 3.8) is 0 Å². The van der Waals surface area contributed by atoms with Crippen molar-refractivity contribution >= 4 is 44.0 Å². The topological polar surface area (TPSA) is 107 Å². The Labute approximate surface area is 208 Å². The van der Waals surface area contributed by atoms with E-state index in [9.17, 15) is 4.79 Å². The van der Waals surface area contributed by atoms with E-state index in [1.54, 1.807) is 19.2 Å². The van der Waals surface area contributed by atoms with Crippen molar-refractivity contribution < 1.29 is 37.5 Å². The van der Waals surface area contributed by atoms with Crippen LogP contribution >= 0.6 is 31.9 Å². The Morgan fingerprint density at radius 2 is 1.86 bits per heavy atom. The number of carbonyl (C=O) groups excluding carboxylic acids is 1. The molecule has 0 saturated carbocycles. The molecule has 151 valence electrons. The van der Waals surface area contributed by atoms with Crippen LogP contribution in [0.4, 0.5) is 0 Å². The Bertz CT molecular complexity index is 731. The standard InChI is InChI=1S/C12H12Br2N4O.C4H6N2.C2H6.Y/c1-6(11-16-7(2)17-18-11)15-12(19)8-3-9(13)5-10(14)4-8;1-6-4-2-3-5;1-2;/h3-6H,1-2H3,(H,15,19)(H,16,17,18);2-4H,1H3;1-2H3;/q;-2;;/b;4-2-;;. The fourth-order valence-electron chi connectivity index (χ4n) is 1.71. The zero-order valence-electron chi connectivity index (χ0n) is 16.6. The fraction of sp³-hybridized carbons (Fsp3) is 0.333. The normalized spacial score (nSPS) is 10.4. The van der Waals surface area contributed by atoms with Crippen molar-refractivity contribution in [2.45, 2.75) is 33.7 Å². The number of amides is 1. The van der Waals surface area contributed by atoms with Gasteiger partial charge >= 0.3 is 0 Å². The molecule has 10 heteroatoms. The van der Waals surface area contributed by atoms with Gasteiger partial charge in [0.1, 0.15) is 5.82 Å². The van der Waals surface area contributed by atoms with Crippen molar-refractivity contribution in [1.82, 2.24) is 20.5 Å². The number of hydrogen-bond acceptors (Lipinski definition) is 3. The molecule has 0 aliphatic rings. The second kappa shape index (κ2) is 17.0. The van der Waals surface area contributed by atoms with Gasteiger partial charge in [0, 0.05) is 47.2 Å². The minimum absolute atomic E-state index is 0. The van der Waals surface area contributed by atoms with Crippen LogP contribution in [0.5, 0.6) is 0 Å². The molecule has 28 heavy (non-hydrogen) atoms. The van der Waals surface area contributed by atoms with Crippen molar-refractivity contribution in [2.75, 3.05) is 7.05 Å². The smallest absolute Gasteiger partial charge is 0.251 e. The number of carbonyl (C=O) groups is 1. The van der Waals surface area contributed by atoms with E-state index in [1.165, 1.54) is 12.3 Å². The van der Waals surface area contributed by atoms with Crippen molar-refractivity contribution in [2.24, 2.45) is 0 Å². The molecular weight excluding hydrogens is 565 g/mol. The predicted molar refractivity (Wildman–Crippen MR) is 118 cm³/mol. The van der Waals surface area contributed by atoms with Gasteiger partial charge in [-0.3, -0.25) is 9.89 Å². The van der Waals surface area contributed by atoms with E-state index in [-0.39, 0.29) is 44.7 Å². The first kappa shape index (κ1) is 29.3. The first-order valence-electron chi connectivity index (χ1n) is 8.24. The summed E-state index contributed by atoms with van der Waals surface area (Å²) in [6.45, 7) is 7.66. The Kier molecular flexibility index (Phi) is 17.8. The van der Waals surface area contributed by atoms with Gasteiger partial charge in [-0.1, -0.05) is 45.7 Å². The van der Waals surface area contributed by atoms with Gasteiger partial charge in [0.25, 0.3) is 5.91 Å². The molecule has 0 aliphatic carbocycles. The Morgan fingerprint density at radius 1 is 1.29 bits per heavy atom. The molecule has 1 aromatic carbocycles. The third kappa shape index (κ3) is 11.8. The van der Waals surface area contributed by atoms with Crippen LogP contribution < -0.4 is 5.32 Å². The van der Waals surface area contributed by atoms with Gasteiger partial charge < -0.3 is 16.0 Å². The van der Waals surface area contributed by atoms with Gasteiger partial charge in [-0.05, 0) is 32.0 Å². The SMILES string of the molecule is CC.C[N-]/C=C\C=[N-].Cc1nc(C(C)NC(=O)c2cc(Br)cc(Br)c2)n[nH]1.[Y]. The molecule has 1 unspecified atom stereocenters. The monoisotopic (exact) mass is 587 g/mol. The number of nitrogens with zero attached hydrogens (tertiary/aromatic N) is 4. The van der Waals surface area contributed by atoms with E-state index in [2.05, 4.69) is 57.7 Å². The number of halogens is 2. The van der Waals surface area contributed by atoms with Gasteiger partial charge in [0.05, 0.1) is 6.04 Å². The number of allylic oxidation sites excluding steroid dienone is 1. The number of aromatic nitrogens is 3. The molecule has 1 aromatic heterocycles. The summed E-state index contributed by atoms with van der Waals surface area (Å²) in [6, 6.07) is 5.14. The van der Waals surface area contributed by atoms with Gasteiger partial charge in [-0.2, -0.15) is 17.5 Å². The fourth-order valence-corrected chi connectivity index (χ4v) is 3.00. The molecule has 1 radical (unpaired) electrons. The second-order valence-corrected chi connectivity index (χ2v) is 6.71. The average molecular weight is 589 g/mol. The van der Waals surface area contributed by atoms with Crippen LogP contribution in [0.2, 0.25) is 0 Å². The van der Waals surface area contributed by atoms with E-state index in [1.807, 2.05) is 33.8 Å². The molecule has 1 heterocycles. The molecule has 0 spiro atoms. The third-order valence-corrected chi connectivity index (χ3v) is 3.71. The van der Waals surface area contributed by atoms with E-state index in [0.29, 0.717) is 11.4 Å². The maximum atomic E-state index is 12.1. The number of aryl methyl sites for hydroxylation is 1. The van der Waals surface area contributed by atoms with Crippen molar-refractivity contribution in [1.29, 1.82) is 0 Å². The zero-order valence-corrected chi connectivity index (χ0v) is 22.6. The molecule has 7 nitrogen and oxygen atoms in total. The number of nitrogens with one attached hydrogen (secondary N) is 2. The minimum atomic E-state index is -0.254. The molecule has 2 N–H and O–H groups in total. The third-order valence-electron chi connectivity index (χ3n) is 2.80. The molecule has 2 rings (SSSR count). The van der Waals surface area contributed by atoms with Crippen LogP contribution in [-0.4, -0.2) is 34.4 Å². The van der Waals surface area contributed by atoms with Crippen molar-refractivity contribution in [3.8, 4) is 0 Å². The molecule has 0 fully saturated rings. The van der Waals surface area contributed by atoms with E-state index in [0.717, 1.165) is 21.0 Å². The van der Waals surface area contributed by atoms with Gasteiger partial charge in [-0.15, -0.1) is 13.1 Å². The molecule has 0 bridgehead atoms. The van der Waals surface area contributed by atoms with Gasteiger partial charge in [0.2, 0.25) is 0 Å². The van der Waals surface area contributed by atoms with Crippen LogP contribution in [-0.2, 0) is 32.7 Å². The zero-order chi connectivity index (χ0) is 20.8. The number of H-pyrrole nitrogens is 1. The molecule has 0 aliphatic heterocycles. The molecule has 1 amide bonds. The van der Waals surface area contributed by atoms with Crippen LogP contribution in [0, 0.1) is 6.92 Å². The summed E-state index contributed by atoms with van der Waals surface area (Å²) in [6.07, 6.45) is 3.88. The summed E-state index contributed by atoms with van der Waals surface area (Å²) in [5, 5.41) is 21.1. The maximum absolute atomic E-state index is 12.1. The quantitative estimate of drug-likeness (QED) is 0.463. The van der Waals surface area contributed by atoms with Crippen LogP contribution in [0.15, 0.2) is 39.4 Å². The Morgan fingerprint density at radius 3 is 2.25 bits per heavy atom. The summed E-state index contributed by atoms with van der Waals surface area (Å²) in [7, 11) is 1.64. The summed E-state index contributed by atoms with van der Waals surface area (Å²) in [4.78, 5) is 16.3. The number of rotatable bonds is 5. The number of aromatic amines is 1. The number of benzene rings is 1. The molecule has 1 atom stereocenters. The molecule has 0 saturated heterocycles. The van der Waals surface area contributed by atoms with Gasteiger partial charge in [-0.25, -0.2) is 4.98 Å². The average Bonchev–Trinajstić information content (AvgIpc) is 3.08.